The predicted molar refractivity (Wildman–Crippen MR) is 52.6 cm³/mol. The summed E-state index contributed by atoms with van der Waals surface area (Å²) < 4.78 is 42.0. The second-order valence-electron chi connectivity index (χ2n) is 2.66. The third-order valence-electron chi connectivity index (χ3n) is 1.57. The predicted octanol–water partition coefficient (Wildman–Crippen LogP) is 2.38. The summed E-state index contributed by atoms with van der Waals surface area (Å²) in [6, 6.07) is 0. The minimum Gasteiger partial charge on any atom is -0.462 e. The van der Waals surface area contributed by atoms with Gasteiger partial charge in [0.1, 0.15) is 4.88 Å². The summed E-state index contributed by atoms with van der Waals surface area (Å²) in [5.74, 6) is -1.01. The van der Waals surface area contributed by atoms with Crippen molar-refractivity contribution in [2.45, 2.75) is 13.1 Å². The molecule has 0 spiro atoms. The summed E-state index contributed by atoms with van der Waals surface area (Å²) >= 11 is 0.618. The number of nitrogens with one attached hydrogen (secondary N) is 1. The van der Waals surface area contributed by atoms with Gasteiger partial charge in [0.2, 0.25) is 0 Å². The van der Waals surface area contributed by atoms with Crippen LogP contribution in [-0.4, -0.2) is 24.6 Å². The number of hydrogen-bond acceptors (Lipinski definition) is 5. The Morgan fingerprint density at radius 1 is 1.56 bits per heavy atom. The van der Waals surface area contributed by atoms with E-state index in [-0.39, 0.29) is 11.7 Å². The van der Waals surface area contributed by atoms with E-state index in [1.54, 1.807) is 0 Å². The van der Waals surface area contributed by atoms with E-state index in [1.165, 1.54) is 14.0 Å². The lowest BCUT2D eigenvalue weighted by Crippen LogP contribution is -2.13. The number of hydrogen-bond donors (Lipinski definition) is 1. The number of alkyl halides is 3. The van der Waals surface area contributed by atoms with Crippen LogP contribution in [0.2, 0.25) is 0 Å². The van der Waals surface area contributed by atoms with Gasteiger partial charge in [-0.05, 0) is 6.92 Å². The third kappa shape index (κ3) is 2.63. The van der Waals surface area contributed by atoms with E-state index in [0.29, 0.717) is 11.3 Å². The molecule has 0 atom stereocenters. The molecule has 8 heteroatoms. The molecule has 0 aliphatic carbocycles. The smallest absolute Gasteiger partial charge is 0.435 e. The molecule has 0 aliphatic rings. The van der Waals surface area contributed by atoms with Gasteiger partial charge in [0, 0.05) is 7.05 Å². The zero-order chi connectivity index (χ0) is 12.3. The fourth-order valence-corrected chi connectivity index (χ4v) is 1.79. The van der Waals surface area contributed by atoms with Gasteiger partial charge in [0.05, 0.1) is 6.61 Å². The highest BCUT2D eigenvalue weighted by atomic mass is 32.1. The molecule has 1 N–H and O–H groups in total. The summed E-state index contributed by atoms with van der Waals surface area (Å²) in [6.45, 7) is 1.54. The summed E-state index contributed by atoms with van der Waals surface area (Å²) in [4.78, 5) is 14.0. The molecule has 1 heterocycles. The van der Waals surface area contributed by atoms with Crippen molar-refractivity contribution in [3.8, 4) is 0 Å². The van der Waals surface area contributed by atoms with Crippen molar-refractivity contribution in [1.82, 2.24) is 4.98 Å². The van der Waals surface area contributed by atoms with E-state index >= 15 is 0 Å². The first-order valence-electron chi connectivity index (χ1n) is 4.33. The highest BCUT2D eigenvalue weighted by Gasteiger charge is 2.40. The highest BCUT2D eigenvalue weighted by Crippen LogP contribution is 2.36. The average Bonchev–Trinajstić information content (AvgIpc) is 2.61. The number of ether oxygens (including phenoxy) is 1. The molecule has 0 saturated heterocycles. The largest absolute Gasteiger partial charge is 0.462 e. The van der Waals surface area contributed by atoms with Crippen LogP contribution < -0.4 is 5.32 Å². The Balaban J connectivity index is 3.15. The first kappa shape index (κ1) is 12.8. The Morgan fingerprint density at radius 2 is 2.19 bits per heavy atom. The van der Waals surface area contributed by atoms with E-state index < -0.39 is 22.7 Å². The van der Waals surface area contributed by atoms with Crippen molar-refractivity contribution < 1.29 is 22.7 Å². The first-order chi connectivity index (χ1) is 7.40. The molecule has 1 aromatic rings. The van der Waals surface area contributed by atoms with Crippen molar-refractivity contribution in [3.63, 3.8) is 0 Å². The Morgan fingerprint density at radius 3 is 2.62 bits per heavy atom. The molecular formula is C8H9F3N2O2S. The van der Waals surface area contributed by atoms with E-state index in [0.717, 1.165) is 0 Å². The SMILES string of the molecule is CCOC(=O)c1sc(NC)nc1C(F)(F)F. The van der Waals surface area contributed by atoms with Gasteiger partial charge < -0.3 is 10.1 Å². The van der Waals surface area contributed by atoms with Crippen LogP contribution in [-0.2, 0) is 10.9 Å². The second kappa shape index (κ2) is 4.69. The van der Waals surface area contributed by atoms with Crippen LogP contribution in [0.1, 0.15) is 22.3 Å². The number of rotatable bonds is 3. The van der Waals surface area contributed by atoms with Crippen molar-refractivity contribution in [2.24, 2.45) is 0 Å². The summed E-state index contributed by atoms with van der Waals surface area (Å²) in [6.07, 6.45) is -4.66. The molecule has 0 amide bonds. The summed E-state index contributed by atoms with van der Waals surface area (Å²) in [5, 5.41) is 2.48. The molecule has 0 saturated carbocycles. The monoisotopic (exact) mass is 254 g/mol. The molecule has 0 aromatic carbocycles. The number of thiazole rings is 1. The summed E-state index contributed by atoms with van der Waals surface area (Å²) in [5.41, 5.74) is -1.21. The number of carbonyl (C=O) groups is 1. The maximum absolute atomic E-state index is 12.5. The molecule has 1 aromatic heterocycles. The van der Waals surface area contributed by atoms with Gasteiger partial charge in [-0.15, -0.1) is 0 Å². The normalized spacial score (nSPS) is 11.3. The quantitative estimate of drug-likeness (QED) is 0.841. The maximum Gasteiger partial charge on any atom is 0.435 e. The van der Waals surface area contributed by atoms with Gasteiger partial charge in [0.15, 0.2) is 10.8 Å². The van der Waals surface area contributed by atoms with E-state index in [1.807, 2.05) is 0 Å². The lowest BCUT2D eigenvalue weighted by molar-refractivity contribution is -0.141. The number of aromatic nitrogens is 1. The van der Waals surface area contributed by atoms with Crippen molar-refractivity contribution in [1.29, 1.82) is 0 Å². The molecule has 16 heavy (non-hydrogen) atoms. The standard InChI is InChI=1S/C8H9F3N2O2S/c1-3-15-6(14)4-5(8(9,10)11)13-7(12-2)16-4/h3H2,1-2H3,(H,12,13). The van der Waals surface area contributed by atoms with Gasteiger partial charge in [-0.1, -0.05) is 11.3 Å². The average molecular weight is 254 g/mol. The molecule has 0 aliphatic heterocycles. The van der Waals surface area contributed by atoms with Crippen molar-refractivity contribution in [3.05, 3.63) is 10.6 Å². The van der Waals surface area contributed by atoms with Gasteiger partial charge in [-0.25, -0.2) is 9.78 Å². The molecule has 0 radical (unpaired) electrons. The van der Waals surface area contributed by atoms with Crippen molar-refractivity contribution in [2.75, 3.05) is 19.0 Å². The van der Waals surface area contributed by atoms with Crippen LogP contribution >= 0.6 is 11.3 Å². The zero-order valence-corrected chi connectivity index (χ0v) is 9.33. The molecule has 90 valence electrons. The fourth-order valence-electron chi connectivity index (χ4n) is 0.954. The first-order valence-corrected chi connectivity index (χ1v) is 5.14. The lowest BCUT2D eigenvalue weighted by atomic mass is 10.3. The molecular weight excluding hydrogens is 245 g/mol. The Kier molecular flexibility index (Phi) is 3.74. The highest BCUT2D eigenvalue weighted by molar-refractivity contribution is 7.17. The second-order valence-corrected chi connectivity index (χ2v) is 3.66. The van der Waals surface area contributed by atoms with Crippen LogP contribution in [0.3, 0.4) is 0 Å². The minimum atomic E-state index is -4.66. The van der Waals surface area contributed by atoms with E-state index in [2.05, 4.69) is 15.0 Å². The number of halogens is 3. The van der Waals surface area contributed by atoms with Crippen LogP contribution in [0, 0.1) is 0 Å². The van der Waals surface area contributed by atoms with Crippen LogP contribution in [0.5, 0.6) is 0 Å². The van der Waals surface area contributed by atoms with Gasteiger partial charge in [0.25, 0.3) is 0 Å². The Bertz CT molecular complexity index is 389. The molecule has 0 unspecified atom stereocenters. The number of esters is 1. The van der Waals surface area contributed by atoms with Crippen LogP contribution in [0.15, 0.2) is 0 Å². The van der Waals surface area contributed by atoms with Gasteiger partial charge in [-0.3, -0.25) is 0 Å². The Hall–Kier alpha value is -1.31. The molecule has 0 fully saturated rings. The van der Waals surface area contributed by atoms with Crippen LogP contribution in [0.4, 0.5) is 18.3 Å². The van der Waals surface area contributed by atoms with E-state index in [9.17, 15) is 18.0 Å². The fraction of sp³-hybridized carbons (Fsp3) is 0.500. The Labute approximate surface area is 93.4 Å². The molecule has 4 nitrogen and oxygen atoms in total. The molecule has 0 bridgehead atoms. The zero-order valence-electron chi connectivity index (χ0n) is 8.51. The number of anilines is 1. The van der Waals surface area contributed by atoms with Gasteiger partial charge in [-0.2, -0.15) is 13.2 Å². The van der Waals surface area contributed by atoms with E-state index in [4.69, 9.17) is 0 Å². The third-order valence-corrected chi connectivity index (χ3v) is 2.62. The topological polar surface area (TPSA) is 51.2 Å². The number of nitrogens with zero attached hydrogens (tertiary/aromatic N) is 1. The number of carbonyl (C=O) groups excluding carboxylic acids is 1. The molecule has 1 rings (SSSR count). The van der Waals surface area contributed by atoms with Crippen LogP contribution in [0.25, 0.3) is 0 Å². The summed E-state index contributed by atoms with van der Waals surface area (Å²) in [7, 11) is 1.42. The minimum absolute atomic E-state index is 0.0168. The van der Waals surface area contributed by atoms with Crippen molar-refractivity contribution >= 4 is 22.4 Å². The maximum atomic E-state index is 12.5. The van der Waals surface area contributed by atoms with Gasteiger partial charge >= 0.3 is 12.1 Å². The lowest BCUT2D eigenvalue weighted by Gasteiger charge is -2.04.